The normalized spacial score (nSPS) is 11.3. The van der Waals surface area contributed by atoms with Crippen molar-refractivity contribution >= 4 is 53.7 Å². The van der Waals surface area contributed by atoms with E-state index in [0.29, 0.717) is 0 Å². The molecular weight excluding hydrogens is 496 g/mol. The van der Waals surface area contributed by atoms with Gasteiger partial charge in [-0.3, -0.25) is 5.73 Å². The molecule has 0 aliphatic heterocycles. The van der Waals surface area contributed by atoms with Crippen LogP contribution >= 0.6 is 11.3 Å². The van der Waals surface area contributed by atoms with E-state index in [9.17, 15) is 0 Å². The molecular formula is C35H26N2OS. The number of anilines is 2. The van der Waals surface area contributed by atoms with Crippen molar-refractivity contribution in [2.75, 3.05) is 12.0 Å². The lowest BCUT2D eigenvalue weighted by molar-refractivity contribution is 0.330. The number of nitrogens with two attached hydrogens (primary N) is 1. The van der Waals surface area contributed by atoms with Gasteiger partial charge in [0.1, 0.15) is 12.5 Å². The second-order valence-electron chi connectivity index (χ2n) is 9.53. The van der Waals surface area contributed by atoms with Crippen LogP contribution in [-0.2, 0) is 0 Å². The first-order valence-electron chi connectivity index (χ1n) is 13.0. The molecule has 0 unspecified atom stereocenters. The van der Waals surface area contributed by atoms with Crippen LogP contribution in [0.2, 0.25) is 0 Å². The van der Waals surface area contributed by atoms with Gasteiger partial charge in [-0.25, -0.2) is 0 Å². The third-order valence-corrected chi connectivity index (χ3v) is 8.26. The van der Waals surface area contributed by atoms with Crippen LogP contribution in [0.4, 0.5) is 11.4 Å². The smallest absolute Gasteiger partial charge is 0.137 e. The van der Waals surface area contributed by atoms with Crippen molar-refractivity contribution in [3.05, 3.63) is 127 Å². The Labute approximate surface area is 231 Å². The molecule has 7 rings (SSSR count). The van der Waals surface area contributed by atoms with Gasteiger partial charge in [0.05, 0.1) is 5.69 Å². The van der Waals surface area contributed by atoms with E-state index in [1.54, 1.807) is 11.3 Å². The maximum absolute atomic E-state index is 5.73. The fraction of sp³-hybridized carbons (Fsp3) is 0.0286. The third kappa shape index (κ3) is 4.30. The largest absolute Gasteiger partial charge is 0.478 e. The highest BCUT2D eigenvalue weighted by Crippen LogP contribution is 2.42. The van der Waals surface area contributed by atoms with Gasteiger partial charge in [0.25, 0.3) is 0 Å². The van der Waals surface area contributed by atoms with Crippen LogP contribution in [-0.4, -0.2) is 6.73 Å². The monoisotopic (exact) mass is 522 g/mol. The molecule has 0 atom stereocenters. The van der Waals surface area contributed by atoms with Gasteiger partial charge in [-0.05, 0) is 57.3 Å². The first-order valence-corrected chi connectivity index (χ1v) is 13.8. The zero-order chi connectivity index (χ0) is 26.2. The molecule has 0 saturated heterocycles. The van der Waals surface area contributed by atoms with E-state index in [4.69, 9.17) is 10.5 Å². The highest BCUT2D eigenvalue weighted by atomic mass is 32.1. The number of hydrogen-bond donors (Lipinski definition) is 2. The zero-order valence-electron chi connectivity index (χ0n) is 21.2. The Morgan fingerprint density at radius 3 is 2.15 bits per heavy atom. The van der Waals surface area contributed by atoms with Crippen LogP contribution in [0.1, 0.15) is 0 Å². The predicted molar refractivity (Wildman–Crippen MR) is 167 cm³/mol. The second kappa shape index (κ2) is 9.91. The van der Waals surface area contributed by atoms with Crippen LogP contribution in [0, 0.1) is 0 Å². The van der Waals surface area contributed by atoms with Gasteiger partial charge in [-0.1, -0.05) is 97.1 Å². The molecule has 0 bridgehead atoms. The number of hydrogen-bond acceptors (Lipinski definition) is 4. The van der Waals surface area contributed by atoms with E-state index in [1.807, 2.05) is 6.07 Å². The third-order valence-electron chi connectivity index (χ3n) is 7.14. The summed E-state index contributed by atoms with van der Waals surface area (Å²) in [6.07, 6.45) is 0. The van der Waals surface area contributed by atoms with Crippen LogP contribution in [0.25, 0.3) is 53.2 Å². The molecule has 0 spiro atoms. The van der Waals surface area contributed by atoms with E-state index in [0.717, 1.165) is 22.7 Å². The second-order valence-corrected chi connectivity index (χ2v) is 10.6. The average molecular weight is 523 g/mol. The Kier molecular flexibility index (Phi) is 5.97. The van der Waals surface area contributed by atoms with Gasteiger partial charge in [0.15, 0.2) is 0 Å². The molecule has 4 heteroatoms. The summed E-state index contributed by atoms with van der Waals surface area (Å²) >= 11 is 1.77. The average Bonchev–Trinajstić information content (AvgIpc) is 3.36. The van der Waals surface area contributed by atoms with Gasteiger partial charge in [0, 0.05) is 31.9 Å². The molecule has 0 aliphatic rings. The summed E-state index contributed by atoms with van der Waals surface area (Å²) in [5, 5.41) is 8.63. The van der Waals surface area contributed by atoms with Crippen LogP contribution < -0.4 is 15.8 Å². The Morgan fingerprint density at radius 2 is 1.33 bits per heavy atom. The zero-order valence-corrected chi connectivity index (χ0v) is 22.0. The summed E-state index contributed by atoms with van der Waals surface area (Å²) in [5.41, 5.74) is 12.6. The van der Waals surface area contributed by atoms with Crippen LogP contribution in [0.15, 0.2) is 127 Å². The molecule has 1 heterocycles. The number of benzene rings is 6. The summed E-state index contributed by atoms with van der Waals surface area (Å²) in [7, 11) is 0. The van der Waals surface area contributed by atoms with Gasteiger partial charge in [-0.15, -0.1) is 11.3 Å². The summed E-state index contributed by atoms with van der Waals surface area (Å²) < 4.78 is 8.15. The topological polar surface area (TPSA) is 47.3 Å². The van der Waals surface area contributed by atoms with Crippen molar-refractivity contribution in [1.29, 1.82) is 0 Å². The molecule has 0 saturated carbocycles. The summed E-state index contributed by atoms with van der Waals surface area (Å²) in [6, 6.07) is 45.0. The molecule has 188 valence electrons. The minimum Gasteiger partial charge on any atom is -0.478 e. The Bertz CT molecular complexity index is 1950. The van der Waals surface area contributed by atoms with E-state index in [1.165, 1.54) is 47.6 Å². The van der Waals surface area contributed by atoms with Crippen LogP contribution in [0.5, 0.6) is 5.75 Å². The Morgan fingerprint density at radius 1 is 0.615 bits per heavy atom. The SMILES string of the molecule is NCOc1cc(Nc2cccc(-c3cccc4cccc(-c5ccccc5)c34)c2)c2c(c1)sc1ccccc12. The van der Waals surface area contributed by atoms with E-state index in [-0.39, 0.29) is 6.73 Å². The quantitative estimate of drug-likeness (QED) is 0.214. The van der Waals surface area contributed by atoms with E-state index in [2.05, 4.69) is 127 Å². The van der Waals surface area contributed by atoms with Crippen molar-refractivity contribution in [3.63, 3.8) is 0 Å². The Hall–Kier alpha value is -4.64. The number of fused-ring (bicyclic) bond motifs is 4. The number of nitrogens with one attached hydrogen (secondary N) is 1. The number of thiophene rings is 1. The number of rotatable bonds is 6. The van der Waals surface area contributed by atoms with Gasteiger partial charge in [0.2, 0.25) is 0 Å². The summed E-state index contributed by atoms with van der Waals surface area (Å²) in [5.74, 6) is 0.761. The van der Waals surface area contributed by atoms with Crippen molar-refractivity contribution < 1.29 is 4.74 Å². The highest BCUT2D eigenvalue weighted by molar-refractivity contribution is 7.26. The fourth-order valence-electron chi connectivity index (χ4n) is 5.47. The first kappa shape index (κ1) is 23.5. The van der Waals surface area contributed by atoms with Crippen molar-refractivity contribution in [2.45, 2.75) is 0 Å². The molecule has 3 nitrogen and oxygen atoms in total. The minimum atomic E-state index is 0.135. The van der Waals surface area contributed by atoms with Gasteiger partial charge < -0.3 is 10.1 Å². The fourth-order valence-corrected chi connectivity index (χ4v) is 6.63. The molecule has 0 amide bonds. The van der Waals surface area contributed by atoms with Gasteiger partial charge in [-0.2, -0.15) is 0 Å². The van der Waals surface area contributed by atoms with Crippen LogP contribution in [0.3, 0.4) is 0 Å². The minimum absolute atomic E-state index is 0.135. The van der Waals surface area contributed by atoms with E-state index >= 15 is 0 Å². The van der Waals surface area contributed by atoms with Gasteiger partial charge >= 0.3 is 0 Å². The maximum Gasteiger partial charge on any atom is 0.137 e. The van der Waals surface area contributed by atoms with E-state index < -0.39 is 0 Å². The molecule has 1 aromatic heterocycles. The molecule has 7 aromatic rings. The van der Waals surface area contributed by atoms with Crippen molar-refractivity contribution in [3.8, 4) is 28.0 Å². The Balaban J connectivity index is 1.36. The molecule has 0 fully saturated rings. The molecule has 0 radical (unpaired) electrons. The standard InChI is InChI=1S/C35H26N2OS/c36-22-38-27-20-31(35-30-15-4-5-18-32(30)39-33(35)21-27)37-26-14-6-13-25(19-26)29-17-8-12-24-11-7-16-28(34(24)29)23-9-2-1-3-10-23/h1-21,37H,22,36H2. The lowest BCUT2D eigenvalue weighted by atomic mass is 9.91. The number of ether oxygens (including phenoxy) is 1. The maximum atomic E-state index is 5.73. The summed E-state index contributed by atoms with van der Waals surface area (Å²) in [4.78, 5) is 0. The predicted octanol–water partition coefficient (Wildman–Crippen LogP) is 9.58. The summed E-state index contributed by atoms with van der Waals surface area (Å²) in [6.45, 7) is 0.135. The molecule has 6 aromatic carbocycles. The van der Waals surface area contributed by atoms with Crippen molar-refractivity contribution in [2.24, 2.45) is 5.73 Å². The highest BCUT2D eigenvalue weighted by Gasteiger charge is 2.14. The van der Waals surface area contributed by atoms with Crippen molar-refractivity contribution in [1.82, 2.24) is 0 Å². The lowest BCUT2D eigenvalue weighted by Gasteiger charge is -2.15. The lowest BCUT2D eigenvalue weighted by Crippen LogP contribution is -2.07. The molecule has 3 N–H and O–H groups in total. The molecule has 0 aliphatic carbocycles. The first-order chi connectivity index (χ1) is 19.3. The molecule has 39 heavy (non-hydrogen) atoms.